The molecule has 0 saturated carbocycles. The number of nitrogens with zero attached hydrogens (tertiary/aromatic N) is 2. The van der Waals surface area contributed by atoms with Crippen LogP contribution in [0.2, 0.25) is 0 Å². The van der Waals surface area contributed by atoms with Crippen molar-refractivity contribution in [3.05, 3.63) is 18.0 Å². The summed E-state index contributed by atoms with van der Waals surface area (Å²) in [4.78, 5) is 0. The monoisotopic (exact) mass is 223 g/mol. The van der Waals surface area contributed by atoms with Crippen LogP contribution in [0.4, 0.5) is 0 Å². The number of hydrogen-bond donors (Lipinski definition) is 1. The average Bonchev–Trinajstić information content (AvgIpc) is 2.73. The molecule has 1 aliphatic rings. The van der Waals surface area contributed by atoms with Gasteiger partial charge in [-0.2, -0.15) is 5.10 Å². The standard InChI is InChI=1S/C12H21N3O/c1-3-6-13-11-5-8-16-9-12(11)15-7-4-10(2)14-15/h4,7,11-13H,3,5-6,8-9H2,1-2H3. The predicted octanol–water partition coefficient (Wildman–Crippen LogP) is 1.52. The summed E-state index contributed by atoms with van der Waals surface area (Å²) < 4.78 is 7.60. The maximum atomic E-state index is 5.56. The van der Waals surface area contributed by atoms with Gasteiger partial charge in [-0.25, -0.2) is 0 Å². The minimum absolute atomic E-state index is 0.342. The summed E-state index contributed by atoms with van der Waals surface area (Å²) in [5, 5.41) is 8.08. The van der Waals surface area contributed by atoms with Crippen molar-refractivity contribution in [3.8, 4) is 0 Å². The first-order valence-corrected chi connectivity index (χ1v) is 6.14. The van der Waals surface area contributed by atoms with Crippen LogP contribution in [0.1, 0.15) is 31.5 Å². The molecule has 0 amide bonds. The summed E-state index contributed by atoms with van der Waals surface area (Å²) >= 11 is 0. The molecule has 2 heterocycles. The van der Waals surface area contributed by atoms with Crippen molar-refractivity contribution in [1.82, 2.24) is 15.1 Å². The largest absolute Gasteiger partial charge is 0.379 e. The highest BCUT2D eigenvalue weighted by molar-refractivity contribution is 4.98. The molecule has 2 rings (SSSR count). The van der Waals surface area contributed by atoms with E-state index in [9.17, 15) is 0 Å². The zero-order chi connectivity index (χ0) is 11.4. The number of aromatic nitrogens is 2. The van der Waals surface area contributed by atoms with E-state index in [4.69, 9.17) is 4.74 Å². The molecule has 1 fully saturated rings. The minimum Gasteiger partial charge on any atom is -0.379 e. The fourth-order valence-corrected chi connectivity index (χ4v) is 2.17. The summed E-state index contributed by atoms with van der Waals surface area (Å²) in [6.45, 7) is 6.91. The van der Waals surface area contributed by atoms with Gasteiger partial charge in [0.15, 0.2) is 0 Å². The second kappa shape index (κ2) is 5.46. The van der Waals surface area contributed by atoms with Gasteiger partial charge >= 0.3 is 0 Å². The summed E-state index contributed by atoms with van der Waals surface area (Å²) in [6, 6.07) is 2.88. The van der Waals surface area contributed by atoms with Crippen molar-refractivity contribution in [2.75, 3.05) is 19.8 Å². The molecule has 0 spiro atoms. The van der Waals surface area contributed by atoms with Crippen LogP contribution in [0.3, 0.4) is 0 Å². The number of hydrogen-bond acceptors (Lipinski definition) is 3. The lowest BCUT2D eigenvalue weighted by atomic mass is 10.0. The predicted molar refractivity (Wildman–Crippen MR) is 63.5 cm³/mol. The number of aryl methyl sites for hydroxylation is 1. The molecule has 1 aromatic heterocycles. The van der Waals surface area contributed by atoms with Crippen LogP contribution in [0.25, 0.3) is 0 Å². The number of rotatable bonds is 4. The van der Waals surface area contributed by atoms with E-state index in [1.165, 1.54) is 6.42 Å². The number of ether oxygens (including phenoxy) is 1. The topological polar surface area (TPSA) is 39.1 Å². The Morgan fingerprint density at radius 3 is 3.19 bits per heavy atom. The Morgan fingerprint density at radius 1 is 1.62 bits per heavy atom. The first-order chi connectivity index (χ1) is 7.81. The van der Waals surface area contributed by atoms with E-state index in [-0.39, 0.29) is 0 Å². The molecule has 0 aliphatic carbocycles. The van der Waals surface area contributed by atoms with Crippen molar-refractivity contribution in [3.63, 3.8) is 0 Å². The second-order valence-corrected chi connectivity index (χ2v) is 4.43. The van der Waals surface area contributed by atoms with Gasteiger partial charge in [-0.05, 0) is 32.4 Å². The Labute approximate surface area is 97.0 Å². The van der Waals surface area contributed by atoms with E-state index in [2.05, 4.69) is 23.5 Å². The molecule has 0 radical (unpaired) electrons. The molecule has 1 aromatic rings. The van der Waals surface area contributed by atoms with Gasteiger partial charge in [0.25, 0.3) is 0 Å². The van der Waals surface area contributed by atoms with Gasteiger partial charge in [0.1, 0.15) is 0 Å². The lowest BCUT2D eigenvalue weighted by Crippen LogP contribution is -2.44. The Hall–Kier alpha value is -0.870. The Balaban J connectivity index is 2.04. The fraction of sp³-hybridized carbons (Fsp3) is 0.750. The molecule has 90 valence electrons. The third-order valence-corrected chi connectivity index (χ3v) is 3.06. The van der Waals surface area contributed by atoms with Crippen LogP contribution >= 0.6 is 0 Å². The molecule has 2 unspecified atom stereocenters. The van der Waals surface area contributed by atoms with E-state index in [1.807, 2.05) is 17.7 Å². The highest BCUT2D eigenvalue weighted by Crippen LogP contribution is 2.19. The van der Waals surface area contributed by atoms with Gasteiger partial charge < -0.3 is 10.1 Å². The Bertz CT molecular complexity index is 324. The van der Waals surface area contributed by atoms with Gasteiger partial charge in [0.05, 0.1) is 18.3 Å². The molecule has 0 aromatic carbocycles. The van der Waals surface area contributed by atoms with Gasteiger partial charge in [-0.3, -0.25) is 4.68 Å². The van der Waals surface area contributed by atoms with E-state index < -0.39 is 0 Å². The smallest absolute Gasteiger partial charge is 0.0906 e. The summed E-state index contributed by atoms with van der Waals surface area (Å²) in [7, 11) is 0. The van der Waals surface area contributed by atoms with Crippen molar-refractivity contribution in [2.45, 2.75) is 38.8 Å². The molecule has 1 N–H and O–H groups in total. The van der Waals surface area contributed by atoms with Crippen LogP contribution in [0.15, 0.2) is 12.3 Å². The quantitative estimate of drug-likeness (QED) is 0.841. The van der Waals surface area contributed by atoms with Gasteiger partial charge in [0.2, 0.25) is 0 Å². The summed E-state index contributed by atoms with van der Waals surface area (Å²) in [6.07, 6.45) is 4.29. The molecular weight excluding hydrogens is 202 g/mol. The van der Waals surface area contributed by atoms with Crippen molar-refractivity contribution < 1.29 is 4.74 Å². The Kier molecular flexibility index (Phi) is 3.96. The first-order valence-electron chi connectivity index (χ1n) is 6.14. The van der Waals surface area contributed by atoms with Crippen LogP contribution < -0.4 is 5.32 Å². The lowest BCUT2D eigenvalue weighted by molar-refractivity contribution is 0.0326. The molecule has 16 heavy (non-hydrogen) atoms. The van der Waals surface area contributed by atoms with Gasteiger partial charge in [-0.15, -0.1) is 0 Å². The van der Waals surface area contributed by atoms with Gasteiger partial charge in [-0.1, -0.05) is 6.92 Å². The number of nitrogens with one attached hydrogen (secondary N) is 1. The van der Waals surface area contributed by atoms with E-state index in [1.54, 1.807) is 0 Å². The van der Waals surface area contributed by atoms with Crippen molar-refractivity contribution >= 4 is 0 Å². The van der Waals surface area contributed by atoms with E-state index >= 15 is 0 Å². The molecular formula is C12H21N3O. The average molecular weight is 223 g/mol. The van der Waals surface area contributed by atoms with E-state index in [0.29, 0.717) is 12.1 Å². The first kappa shape index (κ1) is 11.6. The molecule has 1 aliphatic heterocycles. The maximum Gasteiger partial charge on any atom is 0.0906 e. The molecule has 0 bridgehead atoms. The second-order valence-electron chi connectivity index (χ2n) is 4.43. The Morgan fingerprint density at radius 2 is 2.50 bits per heavy atom. The highest BCUT2D eigenvalue weighted by Gasteiger charge is 2.26. The maximum absolute atomic E-state index is 5.56. The van der Waals surface area contributed by atoms with Crippen molar-refractivity contribution in [2.24, 2.45) is 0 Å². The SMILES string of the molecule is CCCNC1CCOCC1n1ccc(C)n1. The summed E-state index contributed by atoms with van der Waals surface area (Å²) in [5.41, 5.74) is 1.07. The summed E-state index contributed by atoms with van der Waals surface area (Å²) in [5.74, 6) is 0. The molecule has 1 saturated heterocycles. The fourth-order valence-electron chi connectivity index (χ4n) is 2.17. The van der Waals surface area contributed by atoms with Crippen LogP contribution in [-0.4, -0.2) is 35.6 Å². The minimum atomic E-state index is 0.342. The third kappa shape index (κ3) is 2.62. The zero-order valence-electron chi connectivity index (χ0n) is 10.1. The normalized spacial score (nSPS) is 25.9. The molecule has 4 nitrogen and oxygen atoms in total. The van der Waals surface area contributed by atoms with Crippen molar-refractivity contribution in [1.29, 1.82) is 0 Å². The van der Waals surface area contributed by atoms with Crippen LogP contribution in [-0.2, 0) is 4.74 Å². The van der Waals surface area contributed by atoms with Crippen LogP contribution in [0.5, 0.6) is 0 Å². The zero-order valence-corrected chi connectivity index (χ0v) is 10.1. The highest BCUT2D eigenvalue weighted by atomic mass is 16.5. The van der Waals surface area contributed by atoms with Gasteiger partial charge in [0, 0.05) is 18.8 Å². The van der Waals surface area contributed by atoms with E-state index in [0.717, 1.165) is 31.9 Å². The third-order valence-electron chi connectivity index (χ3n) is 3.06. The lowest BCUT2D eigenvalue weighted by Gasteiger charge is -2.32. The van der Waals surface area contributed by atoms with Crippen LogP contribution in [0, 0.1) is 6.92 Å². The molecule has 4 heteroatoms. The molecule has 2 atom stereocenters.